The van der Waals surface area contributed by atoms with Crippen LogP contribution in [0.5, 0.6) is 0 Å². The van der Waals surface area contributed by atoms with Crippen molar-refractivity contribution >= 4 is 40.1 Å². The van der Waals surface area contributed by atoms with Gasteiger partial charge in [-0.1, -0.05) is 0 Å². The van der Waals surface area contributed by atoms with Crippen LogP contribution in [-0.4, -0.2) is 88.8 Å². The Labute approximate surface area is 197 Å². The monoisotopic (exact) mass is 464 g/mol. The molecule has 5 rings (SSSR count). The highest BCUT2D eigenvalue weighted by Gasteiger charge is 2.23. The number of nitrogens with zero attached hydrogens (tertiary/aromatic N) is 7. The maximum absolute atomic E-state index is 12.3. The lowest BCUT2D eigenvalue weighted by atomic mass is 10.2. The van der Waals surface area contributed by atoms with Crippen molar-refractivity contribution in [3.05, 3.63) is 36.3 Å². The fourth-order valence-corrected chi connectivity index (χ4v) is 4.11. The van der Waals surface area contributed by atoms with E-state index >= 15 is 0 Å². The Morgan fingerprint density at radius 3 is 2.62 bits per heavy atom. The van der Waals surface area contributed by atoms with Gasteiger partial charge in [0.2, 0.25) is 11.9 Å². The van der Waals surface area contributed by atoms with Crippen LogP contribution in [0, 0.1) is 0 Å². The summed E-state index contributed by atoms with van der Waals surface area (Å²) in [6, 6.07) is 5.50. The number of likely N-dealkylation sites (N-methyl/N-ethyl adjacent to an activating group) is 1. The summed E-state index contributed by atoms with van der Waals surface area (Å²) in [4.78, 5) is 36.5. The third kappa shape index (κ3) is 4.63. The Hall–Kier alpha value is -3.41. The standard InChI is InChI=1S/C23H28N8O3/c1-15(32)18-11-16-12-25-23(28-21(16)22(26-18)30-7-9-34-10-8-30)27-19-4-3-17(13-24-19)31-6-5-29(2)14-20(31)33/h3-4,11-13,15,32H,5-10,14H2,1-2H3,(H,24,25,27,28)/t15-/m1/s1. The Kier molecular flexibility index (Phi) is 6.22. The predicted octanol–water partition coefficient (Wildman–Crippen LogP) is 1.33. The maximum atomic E-state index is 12.3. The Morgan fingerprint density at radius 1 is 1.09 bits per heavy atom. The number of piperazine rings is 1. The molecular formula is C23H28N8O3. The molecule has 2 saturated heterocycles. The molecular weight excluding hydrogens is 436 g/mol. The number of amides is 1. The highest BCUT2D eigenvalue weighted by Crippen LogP contribution is 2.28. The minimum absolute atomic E-state index is 0.0637. The van der Waals surface area contributed by atoms with E-state index in [9.17, 15) is 9.90 Å². The molecule has 2 fully saturated rings. The number of ether oxygens (including phenoxy) is 1. The number of rotatable bonds is 5. The molecule has 11 heteroatoms. The largest absolute Gasteiger partial charge is 0.387 e. The van der Waals surface area contributed by atoms with Crippen molar-refractivity contribution in [3.8, 4) is 0 Å². The van der Waals surface area contributed by atoms with E-state index in [2.05, 4.69) is 20.2 Å². The fraction of sp³-hybridized carbons (Fsp3) is 0.435. The number of carbonyl (C=O) groups excluding carboxylic acids is 1. The Balaban J connectivity index is 1.41. The van der Waals surface area contributed by atoms with Crippen molar-refractivity contribution in [2.24, 2.45) is 0 Å². The first kappa shape index (κ1) is 22.4. The number of aliphatic hydroxyl groups is 1. The number of carbonyl (C=O) groups is 1. The van der Waals surface area contributed by atoms with Gasteiger partial charge in [-0.2, -0.15) is 0 Å². The van der Waals surface area contributed by atoms with Gasteiger partial charge in [-0.15, -0.1) is 0 Å². The molecule has 1 amide bonds. The van der Waals surface area contributed by atoms with Crippen LogP contribution in [0.3, 0.4) is 0 Å². The molecule has 2 aliphatic rings. The minimum atomic E-state index is -0.697. The number of morpholine rings is 1. The molecule has 3 aromatic heterocycles. The van der Waals surface area contributed by atoms with Gasteiger partial charge >= 0.3 is 0 Å². The van der Waals surface area contributed by atoms with Crippen molar-refractivity contribution < 1.29 is 14.6 Å². The molecule has 2 N–H and O–H groups in total. The highest BCUT2D eigenvalue weighted by atomic mass is 16.5. The zero-order chi connectivity index (χ0) is 23.7. The molecule has 2 aliphatic heterocycles. The normalized spacial score (nSPS) is 18.4. The summed E-state index contributed by atoms with van der Waals surface area (Å²) >= 11 is 0. The number of fused-ring (bicyclic) bond motifs is 1. The van der Waals surface area contributed by atoms with Gasteiger partial charge in [0.25, 0.3) is 0 Å². The number of hydrogen-bond acceptors (Lipinski definition) is 10. The minimum Gasteiger partial charge on any atom is -0.387 e. The molecule has 0 bridgehead atoms. The van der Waals surface area contributed by atoms with E-state index in [-0.39, 0.29) is 5.91 Å². The van der Waals surface area contributed by atoms with Gasteiger partial charge in [-0.25, -0.2) is 19.9 Å². The van der Waals surface area contributed by atoms with Crippen LogP contribution >= 0.6 is 0 Å². The lowest BCUT2D eigenvalue weighted by molar-refractivity contribution is -0.120. The summed E-state index contributed by atoms with van der Waals surface area (Å²) in [5, 5.41) is 14.1. The van der Waals surface area contributed by atoms with E-state index in [4.69, 9.17) is 14.7 Å². The molecule has 0 unspecified atom stereocenters. The van der Waals surface area contributed by atoms with Gasteiger partial charge in [0.15, 0.2) is 5.82 Å². The Morgan fingerprint density at radius 2 is 1.91 bits per heavy atom. The molecule has 0 aromatic carbocycles. The van der Waals surface area contributed by atoms with Crippen LogP contribution in [0.1, 0.15) is 18.7 Å². The quantitative estimate of drug-likeness (QED) is 0.572. The van der Waals surface area contributed by atoms with Gasteiger partial charge in [0, 0.05) is 37.8 Å². The number of anilines is 4. The van der Waals surface area contributed by atoms with Gasteiger partial charge in [0.05, 0.1) is 43.4 Å². The van der Waals surface area contributed by atoms with Crippen molar-refractivity contribution in [3.63, 3.8) is 0 Å². The van der Waals surface area contributed by atoms with Crippen molar-refractivity contribution in [2.75, 3.05) is 68.1 Å². The van der Waals surface area contributed by atoms with E-state index in [1.165, 1.54) is 0 Å². The number of aliphatic hydroxyl groups excluding tert-OH is 1. The first-order valence-corrected chi connectivity index (χ1v) is 11.4. The molecule has 178 valence electrons. The molecule has 0 aliphatic carbocycles. The predicted molar refractivity (Wildman–Crippen MR) is 128 cm³/mol. The number of hydrogen-bond donors (Lipinski definition) is 2. The van der Waals surface area contributed by atoms with E-state index in [0.717, 1.165) is 17.6 Å². The average Bonchev–Trinajstić information content (AvgIpc) is 2.84. The third-order valence-corrected chi connectivity index (χ3v) is 6.02. The van der Waals surface area contributed by atoms with E-state index in [1.54, 1.807) is 24.2 Å². The molecule has 1 atom stereocenters. The SMILES string of the molecule is C[C@@H](O)c1cc2cnc(Nc3ccc(N4CCN(C)CC4=O)cn3)nc2c(N2CCOCC2)n1. The smallest absolute Gasteiger partial charge is 0.241 e. The van der Waals surface area contributed by atoms with Gasteiger partial charge in [-0.3, -0.25) is 9.69 Å². The summed E-state index contributed by atoms with van der Waals surface area (Å²) in [7, 11) is 1.94. The van der Waals surface area contributed by atoms with Crippen LogP contribution in [0.2, 0.25) is 0 Å². The zero-order valence-corrected chi connectivity index (χ0v) is 19.3. The summed E-state index contributed by atoms with van der Waals surface area (Å²) in [5.41, 5.74) is 2.05. The summed E-state index contributed by atoms with van der Waals surface area (Å²) in [5.74, 6) is 1.74. The van der Waals surface area contributed by atoms with Gasteiger partial charge in [-0.05, 0) is 32.2 Å². The van der Waals surface area contributed by atoms with Crippen LogP contribution < -0.4 is 15.1 Å². The molecule has 3 aromatic rings. The van der Waals surface area contributed by atoms with Crippen molar-refractivity contribution in [1.82, 2.24) is 24.8 Å². The third-order valence-electron chi connectivity index (χ3n) is 6.02. The molecule has 11 nitrogen and oxygen atoms in total. The second-order valence-corrected chi connectivity index (χ2v) is 8.59. The molecule has 0 spiro atoms. The molecule has 0 saturated carbocycles. The summed E-state index contributed by atoms with van der Waals surface area (Å²) < 4.78 is 5.48. The molecule has 0 radical (unpaired) electrons. The first-order valence-electron chi connectivity index (χ1n) is 11.4. The van der Waals surface area contributed by atoms with E-state index in [0.29, 0.717) is 68.2 Å². The van der Waals surface area contributed by atoms with Crippen molar-refractivity contribution in [1.29, 1.82) is 0 Å². The highest BCUT2D eigenvalue weighted by molar-refractivity contribution is 5.95. The van der Waals surface area contributed by atoms with E-state index in [1.807, 2.05) is 30.1 Å². The zero-order valence-electron chi connectivity index (χ0n) is 19.3. The lowest BCUT2D eigenvalue weighted by Crippen LogP contribution is -2.48. The van der Waals surface area contributed by atoms with E-state index < -0.39 is 6.10 Å². The fourth-order valence-electron chi connectivity index (χ4n) is 4.11. The topological polar surface area (TPSA) is 120 Å². The van der Waals surface area contributed by atoms with Crippen molar-refractivity contribution in [2.45, 2.75) is 13.0 Å². The maximum Gasteiger partial charge on any atom is 0.241 e. The lowest BCUT2D eigenvalue weighted by Gasteiger charge is -2.31. The number of aromatic nitrogens is 4. The van der Waals surface area contributed by atoms with Crippen LogP contribution in [-0.2, 0) is 9.53 Å². The Bertz CT molecular complexity index is 1180. The number of nitrogens with one attached hydrogen (secondary N) is 1. The number of pyridine rings is 2. The molecule has 34 heavy (non-hydrogen) atoms. The van der Waals surface area contributed by atoms with Crippen LogP contribution in [0.25, 0.3) is 10.9 Å². The summed E-state index contributed by atoms with van der Waals surface area (Å²) in [6.45, 7) is 6.20. The van der Waals surface area contributed by atoms with Gasteiger partial charge < -0.3 is 25.0 Å². The molecule has 5 heterocycles. The second-order valence-electron chi connectivity index (χ2n) is 8.59. The first-order chi connectivity index (χ1) is 16.5. The summed E-state index contributed by atoms with van der Waals surface area (Å²) in [6.07, 6.45) is 2.71. The average molecular weight is 465 g/mol. The van der Waals surface area contributed by atoms with Crippen LogP contribution in [0.15, 0.2) is 30.6 Å². The van der Waals surface area contributed by atoms with Gasteiger partial charge in [0.1, 0.15) is 11.3 Å². The second kappa shape index (κ2) is 9.45. The van der Waals surface area contributed by atoms with Crippen LogP contribution in [0.4, 0.5) is 23.3 Å².